The summed E-state index contributed by atoms with van der Waals surface area (Å²) in [7, 11) is 1.60. The summed E-state index contributed by atoms with van der Waals surface area (Å²) >= 11 is 0. The van der Waals surface area contributed by atoms with Gasteiger partial charge in [0.05, 0.1) is 25.2 Å². The molecule has 0 bridgehead atoms. The van der Waals surface area contributed by atoms with Crippen molar-refractivity contribution in [2.45, 2.75) is 51.4 Å². The highest BCUT2D eigenvalue weighted by Crippen LogP contribution is 2.46. The molecule has 4 rings (SSSR count). The van der Waals surface area contributed by atoms with E-state index in [0.717, 1.165) is 11.3 Å². The minimum atomic E-state index is -0.818. The third-order valence-electron chi connectivity index (χ3n) is 6.37. The Morgan fingerprint density at radius 1 is 1.00 bits per heavy atom. The van der Waals surface area contributed by atoms with E-state index in [0.29, 0.717) is 5.75 Å². The molecular weight excluding hydrogens is 478 g/mol. The maximum Gasteiger partial charge on any atom is 0.303 e. The van der Waals surface area contributed by atoms with Crippen LogP contribution in [-0.2, 0) is 33.3 Å². The average molecular weight is 510 g/mol. The Bertz CT molecular complexity index is 1130. The molecule has 9 nitrogen and oxygen atoms in total. The van der Waals surface area contributed by atoms with Crippen LogP contribution in [0.1, 0.15) is 32.4 Å². The van der Waals surface area contributed by atoms with E-state index < -0.39 is 42.5 Å². The van der Waals surface area contributed by atoms with Crippen LogP contribution in [0.2, 0.25) is 0 Å². The summed E-state index contributed by atoms with van der Waals surface area (Å²) in [5.41, 5.74) is 1.75. The molecule has 2 heterocycles. The van der Waals surface area contributed by atoms with Gasteiger partial charge >= 0.3 is 11.9 Å². The quantitative estimate of drug-likeness (QED) is 0.287. The first kappa shape index (κ1) is 26.4. The topological polar surface area (TPSA) is 101 Å². The summed E-state index contributed by atoms with van der Waals surface area (Å²) in [4.78, 5) is 38.0. The monoisotopic (exact) mass is 509 g/mol. The molecule has 0 saturated carbocycles. The number of anilines is 1. The fourth-order valence-electron chi connectivity index (χ4n) is 4.64. The highest BCUT2D eigenvalue weighted by atomic mass is 16.7. The molecule has 6 atom stereocenters. The van der Waals surface area contributed by atoms with Gasteiger partial charge in [-0.25, -0.2) is 0 Å². The van der Waals surface area contributed by atoms with Gasteiger partial charge in [-0.3, -0.25) is 14.4 Å². The standard InChI is InChI=1S/C28H31NO8/c1-17(35-25-15-14-23(36-19(3)31)24(37-25)16-34-18(2)30)26-27(20-8-6-5-7-9-20)29(28(26)32)21-10-12-22(33-4)13-11-21/h5-15,17,23-27H,16H2,1-4H3/t17-,23+,24-,25+,26+,27-/m1/s1. The van der Waals surface area contributed by atoms with Gasteiger partial charge in [0.1, 0.15) is 24.6 Å². The average Bonchev–Trinajstić information content (AvgIpc) is 2.87. The minimum absolute atomic E-state index is 0.0689. The van der Waals surface area contributed by atoms with E-state index in [2.05, 4.69) is 0 Å². The van der Waals surface area contributed by atoms with Crippen LogP contribution in [0.25, 0.3) is 0 Å². The second-order valence-electron chi connectivity index (χ2n) is 8.93. The molecule has 37 heavy (non-hydrogen) atoms. The Labute approximate surface area is 215 Å². The van der Waals surface area contributed by atoms with Crippen LogP contribution in [0.4, 0.5) is 5.69 Å². The Morgan fingerprint density at radius 2 is 1.70 bits per heavy atom. The Morgan fingerprint density at radius 3 is 2.32 bits per heavy atom. The first-order valence-corrected chi connectivity index (χ1v) is 12.1. The number of hydrogen-bond acceptors (Lipinski definition) is 8. The molecule has 1 amide bonds. The molecule has 0 aliphatic carbocycles. The van der Waals surface area contributed by atoms with E-state index in [1.807, 2.05) is 61.5 Å². The highest BCUT2D eigenvalue weighted by molar-refractivity contribution is 6.03. The number of carbonyl (C=O) groups excluding carboxylic acids is 3. The number of ether oxygens (including phenoxy) is 5. The largest absolute Gasteiger partial charge is 0.497 e. The second kappa shape index (κ2) is 11.6. The molecule has 0 aromatic heterocycles. The normalized spacial score (nSPS) is 25.7. The summed E-state index contributed by atoms with van der Waals surface area (Å²) in [6.45, 7) is 4.31. The lowest BCUT2D eigenvalue weighted by atomic mass is 9.78. The molecule has 2 aromatic carbocycles. The molecule has 0 radical (unpaired) electrons. The van der Waals surface area contributed by atoms with E-state index in [1.165, 1.54) is 13.8 Å². The van der Waals surface area contributed by atoms with Gasteiger partial charge in [0.15, 0.2) is 6.29 Å². The number of hydrogen-bond donors (Lipinski definition) is 0. The van der Waals surface area contributed by atoms with Gasteiger partial charge in [-0.15, -0.1) is 0 Å². The van der Waals surface area contributed by atoms with Gasteiger partial charge in [0, 0.05) is 19.5 Å². The molecule has 2 aliphatic heterocycles. The van der Waals surface area contributed by atoms with Crippen molar-refractivity contribution < 1.29 is 38.1 Å². The Kier molecular flexibility index (Phi) is 8.25. The molecule has 196 valence electrons. The van der Waals surface area contributed by atoms with Crippen molar-refractivity contribution in [3.63, 3.8) is 0 Å². The molecular formula is C28H31NO8. The summed E-state index contributed by atoms with van der Waals surface area (Å²) in [5, 5.41) is 0. The molecule has 2 aromatic rings. The molecule has 1 fully saturated rings. The van der Waals surface area contributed by atoms with Crippen LogP contribution in [0.3, 0.4) is 0 Å². The summed E-state index contributed by atoms with van der Waals surface area (Å²) < 4.78 is 27.7. The van der Waals surface area contributed by atoms with Crippen molar-refractivity contribution in [1.82, 2.24) is 0 Å². The van der Waals surface area contributed by atoms with Gasteiger partial charge in [0.2, 0.25) is 5.91 Å². The zero-order valence-corrected chi connectivity index (χ0v) is 21.2. The zero-order valence-electron chi connectivity index (χ0n) is 21.2. The number of rotatable bonds is 9. The molecule has 1 saturated heterocycles. The van der Waals surface area contributed by atoms with Gasteiger partial charge in [-0.05, 0) is 48.9 Å². The summed E-state index contributed by atoms with van der Waals surface area (Å²) in [5.74, 6) is -0.781. The minimum Gasteiger partial charge on any atom is -0.497 e. The third kappa shape index (κ3) is 6.00. The SMILES string of the molecule is COc1ccc(N2C(=O)[C@@H]([C@@H](C)O[C@@H]3C=C[C@H](OC(C)=O)[C@@H](COC(C)=O)O3)[C@H]2c2ccccc2)cc1. The Balaban J connectivity index is 1.52. The van der Waals surface area contributed by atoms with Crippen molar-refractivity contribution in [1.29, 1.82) is 0 Å². The lowest BCUT2D eigenvalue weighted by Gasteiger charge is -2.50. The van der Waals surface area contributed by atoms with Crippen LogP contribution in [0.15, 0.2) is 66.7 Å². The van der Waals surface area contributed by atoms with E-state index in [-0.39, 0.29) is 18.6 Å². The fraction of sp³-hybridized carbons (Fsp3) is 0.393. The molecule has 0 N–H and O–H groups in total. The van der Waals surface area contributed by atoms with Crippen LogP contribution in [-0.4, -0.2) is 56.2 Å². The van der Waals surface area contributed by atoms with Crippen molar-refractivity contribution >= 4 is 23.5 Å². The molecule has 2 aliphatic rings. The van der Waals surface area contributed by atoms with E-state index in [9.17, 15) is 14.4 Å². The predicted molar refractivity (Wildman–Crippen MR) is 134 cm³/mol. The van der Waals surface area contributed by atoms with E-state index >= 15 is 0 Å². The van der Waals surface area contributed by atoms with Gasteiger partial charge < -0.3 is 28.6 Å². The molecule has 9 heteroatoms. The smallest absolute Gasteiger partial charge is 0.303 e. The van der Waals surface area contributed by atoms with Gasteiger partial charge in [-0.2, -0.15) is 0 Å². The number of β-lactam (4-membered cyclic amide) rings is 1. The Hall–Kier alpha value is -3.69. The number of carbonyl (C=O) groups is 3. The van der Waals surface area contributed by atoms with E-state index in [1.54, 1.807) is 24.2 Å². The molecule has 0 spiro atoms. The number of methoxy groups -OCH3 is 1. The summed E-state index contributed by atoms with van der Waals surface area (Å²) in [6, 6.07) is 16.9. The molecule has 0 unspecified atom stereocenters. The first-order valence-electron chi connectivity index (χ1n) is 12.1. The van der Waals surface area contributed by atoms with Crippen LogP contribution in [0.5, 0.6) is 5.75 Å². The van der Waals surface area contributed by atoms with Crippen molar-refractivity contribution in [2.75, 3.05) is 18.6 Å². The number of benzene rings is 2. The van der Waals surface area contributed by atoms with Gasteiger partial charge in [0.25, 0.3) is 0 Å². The highest BCUT2D eigenvalue weighted by Gasteiger charge is 2.52. The third-order valence-corrected chi connectivity index (χ3v) is 6.37. The van der Waals surface area contributed by atoms with Crippen molar-refractivity contribution in [3.8, 4) is 5.75 Å². The van der Waals surface area contributed by atoms with E-state index in [4.69, 9.17) is 23.7 Å². The van der Waals surface area contributed by atoms with Crippen molar-refractivity contribution in [2.24, 2.45) is 5.92 Å². The number of nitrogens with zero attached hydrogens (tertiary/aromatic N) is 1. The van der Waals surface area contributed by atoms with Gasteiger partial charge in [-0.1, -0.05) is 30.3 Å². The number of amides is 1. The maximum absolute atomic E-state index is 13.4. The summed E-state index contributed by atoms with van der Waals surface area (Å²) in [6.07, 6.45) is 0.490. The maximum atomic E-state index is 13.4. The predicted octanol–water partition coefficient (Wildman–Crippen LogP) is 3.58. The first-order chi connectivity index (χ1) is 17.8. The van der Waals surface area contributed by atoms with Crippen LogP contribution >= 0.6 is 0 Å². The van der Waals surface area contributed by atoms with Crippen LogP contribution < -0.4 is 9.64 Å². The lowest BCUT2D eigenvalue weighted by molar-refractivity contribution is -0.216. The number of esters is 2. The lowest BCUT2D eigenvalue weighted by Crippen LogP contribution is -2.60. The van der Waals surface area contributed by atoms with Crippen LogP contribution in [0, 0.1) is 5.92 Å². The zero-order chi connectivity index (χ0) is 26.5. The fourth-order valence-corrected chi connectivity index (χ4v) is 4.64. The van der Waals surface area contributed by atoms with Crippen molar-refractivity contribution in [3.05, 3.63) is 72.3 Å². The second-order valence-corrected chi connectivity index (χ2v) is 8.93.